The Bertz CT molecular complexity index is 390. The van der Waals surface area contributed by atoms with E-state index in [0.29, 0.717) is 5.75 Å². The number of benzene rings is 1. The molecule has 0 fully saturated rings. The number of halogens is 2. The number of carbonyl (C=O) groups excluding carboxylic acids is 1. The van der Waals surface area contributed by atoms with Crippen molar-refractivity contribution in [3.8, 4) is 0 Å². The largest absolute Gasteiger partial charge is 0.288 e. The minimum atomic E-state index is -0.432. The Morgan fingerprint density at radius 2 is 2.33 bits per heavy atom. The van der Waals surface area contributed by atoms with Crippen LogP contribution < -0.4 is 0 Å². The van der Waals surface area contributed by atoms with E-state index in [2.05, 4.69) is 0 Å². The third kappa shape index (κ3) is 4.49. The highest BCUT2D eigenvalue weighted by Crippen LogP contribution is 2.16. The highest BCUT2D eigenvalue weighted by molar-refractivity contribution is 8.13. The molecule has 0 bridgehead atoms. The number of carbonyl (C=O) groups is 1. The molecule has 0 aromatic heterocycles. The van der Waals surface area contributed by atoms with E-state index in [-0.39, 0.29) is 10.1 Å². The lowest BCUT2D eigenvalue weighted by molar-refractivity contribution is -0.109. The maximum Gasteiger partial charge on any atom is 0.186 e. The highest BCUT2D eigenvalue weighted by Gasteiger charge is 1.98. The van der Waals surface area contributed by atoms with Gasteiger partial charge in [0.05, 0.1) is 5.02 Å². The summed E-state index contributed by atoms with van der Waals surface area (Å²) in [4.78, 5) is 10.6. The first-order chi connectivity index (χ1) is 7.09. The summed E-state index contributed by atoms with van der Waals surface area (Å²) in [5.41, 5.74) is 0.737. The molecule has 0 unspecified atom stereocenters. The molecule has 80 valence electrons. The van der Waals surface area contributed by atoms with Crippen molar-refractivity contribution in [3.05, 3.63) is 40.7 Å². The first-order valence-corrected chi connectivity index (χ1v) is 5.71. The molecule has 0 atom stereocenters. The van der Waals surface area contributed by atoms with Crippen molar-refractivity contribution in [2.24, 2.45) is 0 Å². The lowest BCUT2D eigenvalue weighted by atomic mass is 10.2. The lowest BCUT2D eigenvalue weighted by Gasteiger charge is -1.96. The maximum atomic E-state index is 13.0. The van der Waals surface area contributed by atoms with Gasteiger partial charge in [-0.1, -0.05) is 41.6 Å². The summed E-state index contributed by atoms with van der Waals surface area (Å²) in [5, 5.41) is 0.187. The van der Waals surface area contributed by atoms with Crippen LogP contribution in [0.5, 0.6) is 0 Å². The standard InChI is InChI=1S/C11H10ClFOS/c1-8(14)15-6-2-3-9-4-5-10(12)11(13)7-9/h2-5,7H,6H2,1H3. The van der Waals surface area contributed by atoms with Gasteiger partial charge in [-0.2, -0.15) is 0 Å². The topological polar surface area (TPSA) is 17.1 Å². The Morgan fingerprint density at radius 3 is 2.93 bits per heavy atom. The summed E-state index contributed by atoms with van der Waals surface area (Å²) in [5.74, 6) is 0.164. The molecule has 0 aliphatic rings. The van der Waals surface area contributed by atoms with Crippen molar-refractivity contribution in [2.45, 2.75) is 6.92 Å². The Kier molecular flexibility index (Phi) is 4.85. The van der Waals surface area contributed by atoms with Gasteiger partial charge in [0.1, 0.15) is 5.82 Å². The molecule has 0 saturated carbocycles. The molecule has 0 spiro atoms. The van der Waals surface area contributed by atoms with Crippen LogP contribution in [0.1, 0.15) is 12.5 Å². The van der Waals surface area contributed by atoms with Gasteiger partial charge in [0, 0.05) is 12.7 Å². The summed E-state index contributed by atoms with van der Waals surface area (Å²) in [7, 11) is 0. The molecular weight excluding hydrogens is 235 g/mol. The van der Waals surface area contributed by atoms with E-state index in [1.54, 1.807) is 12.1 Å². The molecule has 4 heteroatoms. The number of hydrogen-bond acceptors (Lipinski definition) is 2. The van der Waals surface area contributed by atoms with E-state index in [0.717, 1.165) is 5.56 Å². The van der Waals surface area contributed by atoms with Gasteiger partial charge in [-0.25, -0.2) is 4.39 Å². The zero-order valence-electron chi connectivity index (χ0n) is 8.17. The summed E-state index contributed by atoms with van der Waals surface area (Å²) >= 11 is 6.75. The smallest absolute Gasteiger partial charge is 0.186 e. The molecule has 0 radical (unpaired) electrons. The summed E-state index contributed by atoms with van der Waals surface area (Å²) in [6.07, 6.45) is 3.57. The van der Waals surface area contributed by atoms with Crippen molar-refractivity contribution >= 4 is 34.6 Å². The molecule has 0 amide bonds. The Hall–Kier alpha value is -0.800. The quantitative estimate of drug-likeness (QED) is 0.805. The van der Waals surface area contributed by atoms with Crippen LogP contribution in [-0.4, -0.2) is 10.9 Å². The van der Waals surface area contributed by atoms with Crippen LogP contribution in [0, 0.1) is 5.82 Å². The van der Waals surface area contributed by atoms with Gasteiger partial charge in [0.25, 0.3) is 0 Å². The van der Waals surface area contributed by atoms with E-state index >= 15 is 0 Å². The first kappa shape index (κ1) is 12.3. The van der Waals surface area contributed by atoms with Gasteiger partial charge in [-0.15, -0.1) is 0 Å². The average molecular weight is 245 g/mol. The summed E-state index contributed by atoms with van der Waals surface area (Å²) < 4.78 is 13.0. The second-order valence-corrected chi connectivity index (χ2v) is 4.48. The molecule has 0 saturated heterocycles. The molecule has 0 heterocycles. The fraction of sp³-hybridized carbons (Fsp3) is 0.182. The molecule has 0 N–H and O–H groups in total. The highest BCUT2D eigenvalue weighted by atomic mass is 35.5. The zero-order chi connectivity index (χ0) is 11.3. The van der Waals surface area contributed by atoms with Gasteiger partial charge in [-0.05, 0) is 17.7 Å². The van der Waals surface area contributed by atoms with E-state index in [1.165, 1.54) is 30.8 Å². The minimum absolute atomic E-state index is 0.0712. The van der Waals surface area contributed by atoms with Gasteiger partial charge in [0.15, 0.2) is 5.12 Å². The van der Waals surface area contributed by atoms with E-state index in [9.17, 15) is 9.18 Å². The van der Waals surface area contributed by atoms with E-state index in [4.69, 9.17) is 11.6 Å². The second-order valence-electron chi connectivity index (χ2n) is 2.88. The van der Waals surface area contributed by atoms with Crippen molar-refractivity contribution in [1.82, 2.24) is 0 Å². The van der Waals surface area contributed by atoms with Crippen LogP contribution in [0.25, 0.3) is 6.08 Å². The molecule has 1 aromatic carbocycles. The van der Waals surface area contributed by atoms with Crippen molar-refractivity contribution in [1.29, 1.82) is 0 Å². The van der Waals surface area contributed by atoms with Gasteiger partial charge < -0.3 is 0 Å². The molecule has 0 aliphatic carbocycles. The Labute approximate surface area is 97.3 Å². The second kappa shape index (κ2) is 5.93. The van der Waals surface area contributed by atoms with Crippen LogP contribution in [-0.2, 0) is 4.79 Å². The van der Waals surface area contributed by atoms with Crippen molar-refractivity contribution < 1.29 is 9.18 Å². The maximum absolute atomic E-state index is 13.0. The van der Waals surface area contributed by atoms with Gasteiger partial charge >= 0.3 is 0 Å². The van der Waals surface area contributed by atoms with Gasteiger partial charge in [0.2, 0.25) is 0 Å². The first-order valence-electron chi connectivity index (χ1n) is 4.34. The summed E-state index contributed by atoms with van der Waals surface area (Å²) in [6.45, 7) is 1.51. The van der Waals surface area contributed by atoms with Crippen LogP contribution in [0.15, 0.2) is 24.3 Å². The van der Waals surface area contributed by atoms with Crippen molar-refractivity contribution in [3.63, 3.8) is 0 Å². The Balaban J connectivity index is 2.57. The molecule has 0 aliphatic heterocycles. The van der Waals surface area contributed by atoms with E-state index < -0.39 is 5.82 Å². The molecule has 1 rings (SSSR count). The third-order valence-corrected chi connectivity index (χ3v) is 2.71. The molecule has 1 aromatic rings. The fourth-order valence-electron chi connectivity index (χ4n) is 0.966. The summed E-state index contributed by atoms with van der Waals surface area (Å²) in [6, 6.07) is 4.59. The number of hydrogen-bond donors (Lipinski definition) is 0. The van der Waals surface area contributed by atoms with Crippen LogP contribution in [0.2, 0.25) is 5.02 Å². The van der Waals surface area contributed by atoms with E-state index in [1.807, 2.05) is 6.08 Å². The normalized spacial score (nSPS) is 10.9. The van der Waals surface area contributed by atoms with Crippen molar-refractivity contribution in [2.75, 3.05) is 5.75 Å². The van der Waals surface area contributed by atoms with Gasteiger partial charge in [-0.3, -0.25) is 4.79 Å². The predicted molar refractivity (Wildman–Crippen MR) is 63.6 cm³/mol. The fourth-order valence-corrected chi connectivity index (χ4v) is 1.51. The lowest BCUT2D eigenvalue weighted by Crippen LogP contribution is -1.82. The molecule has 15 heavy (non-hydrogen) atoms. The zero-order valence-corrected chi connectivity index (χ0v) is 9.74. The Morgan fingerprint density at radius 1 is 1.60 bits per heavy atom. The SMILES string of the molecule is CC(=O)SCC=Cc1ccc(Cl)c(F)c1. The molecule has 1 nitrogen and oxygen atoms in total. The predicted octanol–water partition coefficient (Wildman–Crippen LogP) is 3.77. The third-order valence-electron chi connectivity index (χ3n) is 1.64. The average Bonchev–Trinajstić information content (AvgIpc) is 2.18. The molecular formula is C11H10ClFOS. The number of thioether (sulfide) groups is 1. The van der Waals surface area contributed by atoms with Crippen LogP contribution in [0.3, 0.4) is 0 Å². The van der Waals surface area contributed by atoms with Crippen LogP contribution >= 0.6 is 23.4 Å². The number of rotatable bonds is 3. The monoisotopic (exact) mass is 244 g/mol. The minimum Gasteiger partial charge on any atom is -0.288 e. The van der Waals surface area contributed by atoms with Crippen LogP contribution in [0.4, 0.5) is 4.39 Å².